The Morgan fingerprint density at radius 1 is 0.818 bits per heavy atom. The fourth-order valence-electron chi connectivity index (χ4n) is 6.87. The maximum atomic E-state index is 13.4. The summed E-state index contributed by atoms with van der Waals surface area (Å²) in [7, 11) is 0. The van der Waals surface area contributed by atoms with Crippen molar-refractivity contribution in [2.24, 2.45) is 11.7 Å². The SMILES string of the molecule is CC.CCOC(=O)C1(N)Cc2ccccc2C1.O=C(NC1(C(=O)O)Cc2ccccc2C1)C(c1ccccc1)C1CCCC1. The Balaban J connectivity index is 0.000000220. The number of aliphatic carboxylic acids is 1. The molecule has 7 nitrogen and oxygen atoms in total. The van der Waals surface area contributed by atoms with Crippen LogP contribution in [0.1, 0.15) is 80.2 Å². The number of nitrogens with one attached hydrogen (secondary N) is 1. The van der Waals surface area contributed by atoms with Crippen LogP contribution in [0.15, 0.2) is 78.9 Å². The smallest absolute Gasteiger partial charge is 0.330 e. The summed E-state index contributed by atoms with van der Waals surface area (Å²) in [4.78, 5) is 37.3. The van der Waals surface area contributed by atoms with Crippen LogP contribution in [0.3, 0.4) is 0 Å². The Hall–Kier alpha value is -3.97. The topological polar surface area (TPSA) is 119 Å². The fraction of sp³-hybridized carbons (Fsp3) is 0.432. The first kappa shape index (κ1) is 32.9. The van der Waals surface area contributed by atoms with Gasteiger partial charge < -0.3 is 20.9 Å². The van der Waals surface area contributed by atoms with Crippen LogP contribution >= 0.6 is 0 Å². The number of carbonyl (C=O) groups excluding carboxylic acids is 2. The molecular weight excluding hydrogens is 552 g/mol. The van der Waals surface area contributed by atoms with Crippen molar-refractivity contribution in [1.82, 2.24) is 5.32 Å². The molecule has 1 fully saturated rings. The lowest BCUT2D eigenvalue weighted by Crippen LogP contribution is -2.57. The van der Waals surface area contributed by atoms with Crippen molar-refractivity contribution in [1.29, 1.82) is 0 Å². The molecule has 3 aliphatic carbocycles. The third-order valence-corrected chi connectivity index (χ3v) is 9.00. The summed E-state index contributed by atoms with van der Waals surface area (Å²) >= 11 is 0. The van der Waals surface area contributed by atoms with Crippen molar-refractivity contribution in [3.05, 3.63) is 107 Å². The van der Waals surface area contributed by atoms with E-state index in [1.165, 1.54) is 0 Å². The first-order valence-corrected chi connectivity index (χ1v) is 15.9. The number of rotatable bonds is 7. The standard InChI is InChI=1S/C23H25NO3.C12H15NO2.C2H6/c25-21(20(17-10-4-5-11-17)16-8-2-1-3-9-16)24-23(22(26)27)14-18-12-6-7-13-19(18)15-23;1-2-15-11(14)12(13)7-9-5-3-4-6-10(9)8-12;1-2/h1-3,6-9,12-13,17,20H,4-5,10-11,14-15H2,(H,24,25)(H,26,27);3-6H,2,7-8,13H2,1H3;1-2H3. The number of ether oxygens (including phenoxy) is 1. The van der Waals surface area contributed by atoms with Gasteiger partial charge in [-0.3, -0.25) is 9.59 Å². The molecule has 3 aliphatic rings. The zero-order valence-electron chi connectivity index (χ0n) is 26.2. The highest BCUT2D eigenvalue weighted by Crippen LogP contribution is 2.39. The van der Waals surface area contributed by atoms with Crippen LogP contribution < -0.4 is 11.1 Å². The molecule has 0 aliphatic heterocycles. The second-order valence-electron chi connectivity index (χ2n) is 11.9. The van der Waals surface area contributed by atoms with Crippen LogP contribution in [-0.4, -0.2) is 40.6 Å². The Bertz CT molecular complexity index is 1380. The Labute approximate surface area is 261 Å². The van der Waals surface area contributed by atoms with Crippen LogP contribution in [0.4, 0.5) is 0 Å². The second kappa shape index (κ2) is 14.7. The van der Waals surface area contributed by atoms with Crippen molar-refractivity contribution in [2.45, 2.75) is 89.1 Å². The largest absolute Gasteiger partial charge is 0.479 e. The van der Waals surface area contributed by atoms with E-state index in [-0.39, 0.29) is 23.7 Å². The van der Waals surface area contributed by atoms with E-state index in [4.69, 9.17) is 10.5 Å². The normalized spacial score (nSPS) is 17.9. The number of benzene rings is 3. The molecule has 1 saturated carbocycles. The molecule has 3 aromatic rings. The lowest BCUT2D eigenvalue weighted by atomic mass is 9.83. The summed E-state index contributed by atoms with van der Waals surface area (Å²) in [6, 6.07) is 25.5. The molecule has 7 heteroatoms. The quantitative estimate of drug-likeness (QED) is 0.297. The minimum Gasteiger partial charge on any atom is -0.479 e. The number of hydrogen-bond donors (Lipinski definition) is 3. The average Bonchev–Trinajstić information content (AvgIpc) is 3.77. The molecule has 1 amide bonds. The molecule has 4 N–H and O–H groups in total. The summed E-state index contributed by atoms with van der Waals surface area (Å²) in [5.74, 6) is -1.40. The van der Waals surface area contributed by atoms with Gasteiger partial charge in [-0.15, -0.1) is 0 Å². The molecule has 0 bridgehead atoms. The van der Waals surface area contributed by atoms with Gasteiger partial charge >= 0.3 is 11.9 Å². The zero-order valence-corrected chi connectivity index (χ0v) is 26.2. The Morgan fingerprint density at radius 3 is 1.73 bits per heavy atom. The van der Waals surface area contributed by atoms with Crippen molar-refractivity contribution in [2.75, 3.05) is 6.61 Å². The Morgan fingerprint density at radius 2 is 1.27 bits per heavy atom. The van der Waals surface area contributed by atoms with Crippen LogP contribution in [0.5, 0.6) is 0 Å². The van der Waals surface area contributed by atoms with E-state index in [2.05, 4.69) is 5.32 Å². The van der Waals surface area contributed by atoms with E-state index >= 15 is 0 Å². The number of fused-ring (bicyclic) bond motifs is 2. The minimum absolute atomic E-state index is 0.150. The maximum Gasteiger partial charge on any atom is 0.330 e. The molecule has 6 rings (SSSR count). The van der Waals surface area contributed by atoms with Crippen molar-refractivity contribution in [3.63, 3.8) is 0 Å². The predicted molar refractivity (Wildman–Crippen MR) is 172 cm³/mol. The van der Waals surface area contributed by atoms with E-state index in [0.717, 1.165) is 53.5 Å². The van der Waals surface area contributed by atoms with Gasteiger partial charge in [-0.25, -0.2) is 4.79 Å². The lowest BCUT2D eigenvalue weighted by molar-refractivity contribution is -0.149. The van der Waals surface area contributed by atoms with Gasteiger partial charge in [0, 0.05) is 25.7 Å². The highest BCUT2D eigenvalue weighted by molar-refractivity contribution is 5.92. The summed E-state index contributed by atoms with van der Waals surface area (Å²) in [6.45, 7) is 6.18. The number of hydrogen-bond acceptors (Lipinski definition) is 5. The molecule has 0 radical (unpaired) electrons. The fourth-order valence-corrected chi connectivity index (χ4v) is 6.87. The molecule has 0 aromatic heterocycles. The molecule has 234 valence electrons. The van der Waals surface area contributed by atoms with E-state index in [1.54, 1.807) is 6.92 Å². The third-order valence-electron chi connectivity index (χ3n) is 9.00. The maximum absolute atomic E-state index is 13.4. The van der Waals surface area contributed by atoms with Gasteiger partial charge in [0.15, 0.2) is 0 Å². The summed E-state index contributed by atoms with van der Waals surface area (Å²) in [5.41, 5.74) is 9.30. The van der Waals surface area contributed by atoms with Crippen LogP contribution in [0.2, 0.25) is 0 Å². The molecule has 1 atom stereocenters. The first-order chi connectivity index (χ1) is 21.2. The van der Waals surface area contributed by atoms with Gasteiger partial charge in [0.1, 0.15) is 11.1 Å². The van der Waals surface area contributed by atoms with E-state index in [9.17, 15) is 19.5 Å². The predicted octanol–water partition coefficient (Wildman–Crippen LogP) is 5.77. The zero-order chi connectivity index (χ0) is 31.7. The molecule has 0 saturated heterocycles. The van der Waals surface area contributed by atoms with Crippen molar-refractivity contribution >= 4 is 17.8 Å². The van der Waals surface area contributed by atoms with Crippen LogP contribution in [0.25, 0.3) is 0 Å². The molecule has 3 aromatic carbocycles. The number of amides is 1. The van der Waals surface area contributed by atoms with Gasteiger partial charge in [0.2, 0.25) is 5.91 Å². The molecule has 1 unspecified atom stereocenters. The number of esters is 1. The third kappa shape index (κ3) is 7.21. The minimum atomic E-state index is -1.24. The van der Waals surface area contributed by atoms with E-state index in [0.29, 0.717) is 32.3 Å². The van der Waals surface area contributed by atoms with Crippen LogP contribution in [0, 0.1) is 5.92 Å². The Kier molecular flexibility index (Phi) is 11.0. The highest BCUT2D eigenvalue weighted by atomic mass is 16.5. The number of carbonyl (C=O) groups is 3. The number of carboxylic acids is 1. The first-order valence-electron chi connectivity index (χ1n) is 15.9. The van der Waals surface area contributed by atoms with Gasteiger partial charge in [-0.05, 0) is 53.5 Å². The molecule has 0 spiro atoms. The number of nitrogens with two attached hydrogens (primary N) is 1. The van der Waals surface area contributed by atoms with Crippen molar-refractivity contribution in [3.8, 4) is 0 Å². The van der Waals surface area contributed by atoms with Gasteiger partial charge in [-0.1, -0.05) is 106 Å². The van der Waals surface area contributed by atoms with Gasteiger partial charge in [0.05, 0.1) is 12.5 Å². The molecule has 44 heavy (non-hydrogen) atoms. The van der Waals surface area contributed by atoms with Crippen molar-refractivity contribution < 1.29 is 24.2 Å². The molecular formula is C37H46N2O5. The number of carboxylic acid groups (broad SMARTS) is 1. The summed E-state index contributed by atoms with van der Waals surface area (Å²) in [6.07, 6.45) is 6.17. The highest BCUT2D eigenvalue weighted by Gasteiger charge is 2.47. The monoisotopic (exact) mass is 598 g/mol. The summed E-state index contributed by atoms with van der Waals surface area (Å²) < 4.78 is 5.00. The lowest BCUT2D eigenvalue weighted by Gasteiger charge is -2.30. The molecule has 0 heterocycles. The van der Waals surface area contributed by atoms with Gasteiger partial charge in [0.25, 0.3) is 0 Å². The average molecular weight is 599 g/mol. The second-order valence-corrected chi connectivity index (χ2v) is 11.9. The van der Waals surface area contributed by atoms with Gasteiger partial charge in [-0.2, -0.15) is 0 Å². The van der Waals surface area contributed by atoms with Crippen LogP contribution in [-0.2, 0) is 44.8 Å². The van der Waals surface area contributed by atoms with E-state index in [1.807, 2.05) is 92.7 Å². The summed E-state index contributed by atoms with van der Waals surface area (Å²) in [5, 5.41) is 13.0. The van der Waals surface area contributed by atoms with E-state index < -0.39 is 17.0 Å².